The first-order valence-electron chi connectivity index (χ1n) is 6.22. The number of rotatable bonds is 5. The molecule has 20 heavy (non-hydrogen) atoms. The summed E-state index contributed by atoms with van der Waals surface area (Å²) >= 11 is 0. The summed E-state index contributed by atoms with van der Waals surface area (Å²) in [6, 6.07) is 1.92. The maximum atomic E-state index is 9.02. The van der Waals surface area contributed by atoms with Crippen molar-refractivity contribution in [3.63, 3.8) is 0 Å². The van der Waals surface area contributed by atoms with Crippen LogP contribution in [-0.2, 0) is 6.54 Å². The van der Waals surface area contributed by atoms with Crippen LogP contribution in [0.3, 0.4) is 0 Å². The molecule has 3 heterocycles. The molecule has 8 nitrogen and oxygen atoms in total. The minimum absolute atomic E-state index is 0.0591. The standard InChI is InChI=1S/C12H15N7O/c1-13-10-9-2-4-19(11(9)16-8-15-10)17-12-14-3-5-18(12)6-7-20/h2-5,8,20H,6-7H2,1H3,(H,14,17)(H,13,15,16). The van der Waals surface area contributed by atoms with E-state index in [1.807, 2.05) is 23.9 Å². The van der Waals surface area contributed by atoms with Crippen molar-refractivity contribution in [3.8, 4) is 0 Å². The average molecular weight is 273 g/mol. The van der Waals surface area contributed by atoms with Crippen LogP contribution in [0, 0.1) is 0 Å². The molecule has 0 saturated carbocycles. The maximum absolute atomic E-state index is 9.02. The predicted molar refractivity (Wildman–Crippen MR) is 75.4 cm³/mol. The fourth-order valence-electron chi connectivity index (χ4n) is 2.06. The number of hydrogen-bond donors (Lipinski definition) is 3. The summed E-state index contributed by atoms with van der Waals surface area (Å²) in [6.07, 6.45) is 6.85. The van der Waals surface area contributed by atoms with Crippen LogP contribution in [0.4, 0.5) is 11.8 Å². The molecule has 0 aliphatic heterocycles. The molecule has 0 atom stereocenters. The number of nitrogens with one attached hydrogen (secondary N) is 2. The molecule has 0 fully saturated rings. The molecule has 0 saturated heterocycles. The molecular weight excluding hydrogens is 258 g/mol. The SMILES string of the molecule is CNc1ncnc2c1ccn2Nc1nccn1CCO. The van der Waals surface area contributed by atoms with E-state index in [9.17, 15) is 0 Å². The summed E-state index contributed by atoms with van der Waals surface area (Å²) in [5, 5.41) is 13.0. The van der Waals surface area contributed by atoms with E-state index < -0.39 is 0 Å². The van der Waals surface area contributed by atoms with Crippen LogP contribution in [0.25, 0.3) is 11.0 Å². The second kappa shape index (κ2) is 5.17. The number of nitrogens with zero attached hydrogens (tertiary/aromatic N) is 5. The molecule has 8 heteroatoms. The average Bonchev–Trinajstić information content (AvgIpc) is 3.07. The molecule has 0 bridgehead atoms. The van der Waals surface area contributed by atoms with E-state index in [1.54, 1.807) is 17.1 Å². The van der Waals surface area contributed by atoms with Gasteiger partial charge in [0.15, 0.2) is 5.65 Å². The smallest absolute Gasteiger partial charge is 0.222 e. The minimum Gasteiger partial charge on any atom is -0.395 e. The molecule has 3 aromatic heterocycles. The lowest BCUT2D eigenvalue weighted by Gasteiger charge is -2.10. The molecule has 0 spiro atoms. The van der Waals surface area contributed by atoms with Gasteiger partial charge in [-0.15, -0.1) is 0 Å². The summed E-state index contributed by atoms with van der Waals surface area (Å²) in [5.41, 5.74) is 3.90. The Bertz CT molecular complexity index is 717. The molecule has 3 aromatic rings. The zero-order valence-corrected chi connectivity index (χ0v) is 11.0. The van der Waals surface area contributed by atoms with Gasteiger partial charge in [0.2, 0.25) is 5.95 Å². The van der Waals surface area contributed by atoms with Crippen LogP contribution in [0.15, 0.2) is 31.0 Å². The largest absolute Gasteiger partial charge is 0.395 e. The lowest BCUT2D eigenvalue weighted by Crippen LogP contribution is -2.14. The van der Waals surface area contributed by atoms with Crippen LogP contribution < -0.4 is 10.7 Å². The van der Waals surface area contributed by atoms with Crippen molar-refractivity contribution in [2.75, 3.05) is 24.4 Å². The number of anilines is 2. The summed E-state index contributed by atoms with van der Waals surface area (Å²) in [4.78, 5) is 12.7. The third-order valence-corrected chi connectivity index (χ3v) is 2.99. The Morgan fingerprint density at radius 1 is 1.25 bits per heavy atom. The van der Waals surface area contributed by atoms with E-state index in [2.05, 4.69) is 25.7 Å². The Balaban J connectivity index is 1.97. The summed E-state index contributed by atoms with van der Waals surface area (Å²) in [6.45, 7) is 0.543. The van der Waals surface area contributed by atoms with E-state index in [0.717, 1.165) is 16.9 Å². The van der Waals surface area contributed by atoms with E-state index >= 15 is 0 Å². The molecule has 0 aromatic carbocycles. The van der Waals surface area contributed by atoms with Crippen molar-refractivity contribution in [2.24, 2.45) is 0 Å². The molecular formula is C12H15N7O. The Kier molecular flexibility index (Phi) is 3.21. The Morgan fingerprint density at radius 3 is 2.95 bits per heavy atom. The van der Waals surface area contributed by atoms with E-state index in [0.29, 0.717) is 12.5 Å². The molecule has 0 amide bonds. The van der Waals surface area contributed by atoms with Crippen LogP contribution in [0.1, 0.15) is 0 Å². The molecule has 3 N–H and O–H groups in total. The van der Waals surface area contributed by atoms with Gasteiger partial charge in [-0.25, -0.2) is 19.6 Å². The van der Waals surface area contributed by atoms with Gasteiger partial charge < -0.3 is 15.0 Å². The topological polar surface area (TPSA) is 92.8 Å². The number of aliphatic hydroxyl groups excluding tert-OH is 1. The summed E-state index contributed by atoms with van der Waals surface area (Å²) in [5.74, 6) is 1.41. The highest BCUT2D eigenvalue weighted by Crippen LogP contribution is 2.19. The Hall–Kier alpha value is -2.61. The third kappa shape index (κ3) is 2.05. The fraction of sp³-hybridized carbons (Fsp3) is 0.250. The lowest BCUT2D eigenvalue weighted by molar-refractivity contribution is 0.276. The fourth-order valence-corrected chi connectivity index (χ4v) is 2.06. The van der Waals surface area contributed by atoms with E-state index in [4.69, 9.17) is 5.11 Å². The minimum atomic E-state index is 0.0591. The molecule has 104 valence electrons. The van der Waals surface area contributed by atoms with Crippen LogP contribution in [0.2, 0.25) is 0 Å². The van der Waals surface area contributed by atoms with Crippen LogP contribution in [0.5, 0.6) is 0 Å². The highest BCUT2D eigenvalue weighted by Gasteiger charge is 2.09. The number of imidazole rings is 1. The third-order valence-electron chi connectivity index (χ3n) is 2.99. The number of hydrogen-bond acceptors (Lipinski definition) is 6. The van der Waals surface area contributed by atoms with Gasteiger partial charge in [0.05, 0.1) is 12.0 Å². The van der Waals surface area contributed by atoms with Crippen molar-refractivity contribution in [3.05, 3.63) is 31.0 Å². The predicted octanol–water partition coefficient (Wildman–Crippen LogP) is 0.537. The number of fused-ring (bicyclic) bond motifs is 1. The van der Waals surface area contributed by atoms with Gasteiger partial charge in [0, 0.05) is 32.2 Å². The van der Waals surface area contributed by atoms with Gasteiger partial charge in [0.25, 0.3) is 0 Å². The molecule has 0 unspecified atom stereocenters. The first-order chi connectivity index (χ1) is 9.83. The first kappa shape index (κ1) is 12.4. The first-order valence-corrected chi connectivity index (χ1v) is 6.22. The normalized spacial score (nSPS) is 10.9. The van der Waals surface area contributed by atoms with Gasteiger partial charge in [-0.1, -0.05) is 0 Å². The van der Waals surface area contributed by atoms with Crippen molar-refractivity contribution in [2.45, 2.75) is 6.54 Å². The van der Waals surface area contributed by atoms with Gasteiger partial charge >= 0.3 is 0 Å². The second-order valence-corrected chi connectivity index (χ2v) is 4.17. The van der Waals surface area contributed by atoms with Crippen molar-refractivity contribution in [1.82, 2.24) is 24.2 Å². The molecule has 3 rings (SSSR count). The maximum Gasteiger partial charge on any atom is 0.222 e. The monoisotopic (exact) mass is 273 g/mol. The lowest BCUT2D eigenvalue weighted by atomic mass is 10.4. The zero-order valence-electron chi connectivity index (χ0n) is 11.0. The molecule has 0 aliphatic carbocycles. The van der Waals surface area contributed by atoms with E-state index in [-0.39, 0.29) is 6.61 Å². The van der Waals surface area contributed by atoms with Crippen LogP contribution >= 0.6 is 0 Å². The number of aliphatic hydroxyl groups is 1. The van der Waals surface area contributed by atoms with Gasteiger partial charge in [-0.2, -0.15) is 0 Å². The van der Waals surface area contributed by atoms with Gasteiger partial charge in [-0.05, 0) is 6.07 Å². The van der Waals surface area contributed by atoms with Crippen molar-refractivity contribution >= 4 is 22.8 Å². The molecule has 0 radical (unpaired) electrons. The highest BCUT2D eigenvalue weighted by atomic mass is 16.3. The molecule has 0 aliphatic rings. The van der Waals surface area contributed by atoms with Crippen molar-refractivity contribution in [1.29, 1.82) is 0 Å². The second-order valence-electron chi connectivity index (χ2n) is 4.17. The van der Waals surface area contributed by atoms with Gasteiger partial charge in [-0.3, -0.25) is 5.43 Å². The zero-order chi connectivity index (χ0) is 13.9. The Labute approximate surface area is 115 Å². The van der Waals surface area contributed by atoms with Crippen LogP contribution in [-0.4, -0.2) is 43.0 Å². The van der Waals surface area contributed by atoms with Gasteiger partial charge in [0.1, 0.15) is 12.1 Å². The summed E-state index contributed by atoms with van der Waals surface area (Å²) < 4.78 is 3.60. The van der Waals surface area contributed by atoms with Crippen molar-refractivity contribution < 1.29 is 5.11 Å². The highest BCUT2D eigenvalue weighted by molar-refractivity contribution is 5.87. The van der Waals surface area contributed by atoms with E-state index in [1.165, 1.54) is 6.33 Å². The Morgan fingerprint density at radius 2 is 2.15 bits per heavy atom. The summed E-state index contributed by atoms with van der Waals surface area (Å²) in [7, 11) is 1.82. The quantitative estimate of drug-likeness (QED) is 0.628. The number of aromatic nitrogens is 5.